The van der Waals surface area contributed by atoms with Crippen LogP contribution < -0.4 is 5.32 Å². The van der Waals surface area contributed by atoms with Gasteiger partial charge in [-0.1, -0.05) is 18.2 Å². The van der Waals surface area contributed by atoms with Gasteiger partial charge in [-0.05, 0) is 37.7 Å². The van der Waals surface area contributed by atoms with Gasteiger partial charge in [0.25, 0.3) is 0 Å². The molecule has 1 saturated heterocycles. The third-order valence-corrected chi connectivity index (χ3v) is 4.64. The molecular weight excluding hydrogens is 262 g/mol. The molecule has 0 bridgehead atoms. The zero-order valence-corrected chi connectivity index (χ0v) is 12.4. The minimum Gasteiger partial charge on any atom is -0.381 e. The highest BCUT2D eigenvalue weighted by molar-refractivity contribution is 5.81. The molecule has 1 aliphatic carbocycles. The summed E-state index contributed by atoms with van der Waals surface area (Å²) in [4.78, 5) is 0. The van der Waals surface area contributed by atoms with Gasteiger partial charge >= 0.3 is 0 Å². The zero-order chi connectivity index (χ0) is 14.1. The molecule has 0 atom stereocenters. The van der Waals surface area contributed by atoms with E-state index in [1.54, 1.807) is 0 Å². The summed E-state index contributed by atoms with van der Waals surface area (Å²) in [5, 5.41) is 9.79. The summed E-state index contributed by atoms with van der Waals surface area (Å²) in [7, 11) is 0. The highest BCUT2D eigenvalue weighted by Gasteiger charge is 2.22. The molecule has 4 rings (SSSR count). The van der Waals surface area contributed by atoms with Gasteiger partial charge in [-0.25, -0.2) is 0 Å². The molecule has 2 fully saturated rings. The molecular formula is C17H23N3O. The second-order valence-corrected chi connectivity index (χ2v) is 6.36. The van der Waals surface area contributed by atoms with Crippen LogP contribution in [0.15, 0.2) is 24.3 Å². The molecule has 112 valence electrons. The van der Waals surface area contributed by atoms with Crippen molar-refractivity contribution in [2.24, 2.45) is 5.92 Å². The van der Waals surface area contributed by atoms with Crippen LogP contribution in [0.1, 0.15) is 31.4 Å². The molecule has 2 heterocycles. The molecule has 0 radical (unpaired) electrons. The van der Waals surface area contributed by atoms with Crippen molar-refractivity contribution < 1.29 is 4.74 Å². The number of para-hydroxylation sites is 1. The Morgan fingerprint density at radius 2 is 1.95 bits per heavy atom. The average Bonchev–Trinajstić information content (AvgIpc) is 3.30. The van der Waals surface area contributed by atoms with Crippen molar-refractivity contribution in [1.82, 2.24) is 15.1 Å². The normalized spacial score (nSPS) is 20.2. The van der Waals surface area contributed by atoms with Crippen LogP contribution in [0.25, 0.3) is 10.9 Å². The van der Waals surface area contributed by atoms with E-state index in [-0.39, 0.29) is 0 Å². The molecule has 1 aromatic heterocycles. The van der Waals surface area contributed by atoms with E-state index in [1.165, 1.54) is 29.4 Å². The summed E-state index contributed by atoms with van der Waals surface area (Å²) >= 11 is 0. The summed E-state index contributed by atoms with van der Waals surface area (Å²) in [6.07, 6.45) is 4.95. The fraction of sp³-hybridized carbons (Fsp3) is 0.588. The predicted octanol–water partition coefficient (Wildman–Crippen LogP) is 2.71. The number of nitrogens with one attached hydrogen (secondary N) is 1. The number of ether oxygens (including phenoxy) is 1. The minimum atomic E-state index is 0.700. The van der Waals surface area contributed by atoms with E-state index >= 15 is 0 Å². The van der Waals surface area contributed by atoms with E-state index in [0.717, 1.165) is 45.2 Å². The Balaban J connectivity index is 1.57. The molecule has 21 heavy (non-hydrogen) atoms. The molecule has 1 aromatic carbocycles. The predicted molar refractivity (Wildman–Crippen MR) is 83.1 cm³/mol. The van der Waals surface area contributed by atoms with Crippen LogP contribution in [0.3, 0.4) is 0 Å². The number of hydrogen-bond donors (Lipinski definition) is 1. The van der Waals surface area contributed by atoms with Crippen LogP contribution in [0.2, 0.25) is 0 Å². The Hall–Kier alpha value is -1.39. The van der Waals surface area contributed by atoms with Crippen molar-refractivity contribution in [2.75, 3.05) is 13.2 Å². The van der Waals surface area contributed by atoms with Gasteiger partial charge in [0, 0.05) is 37.7 Å². The molecule has 1 N–H and O–H groups in total. The quantitative estimate of drug-likeness (QED) is 0.918. The first-order valence-corrected chi connectivity index (χ1v) is 8.16. The fourth-order valence-corrected chi connectivity index (χ4v) is 3.17. The lowest BCUT2D eigenvalue weighted by atomic mass is 10.0. The molecule has 0 unspecified atom stereocenters. The number of aromatic nitrogens is 2. The van der Waals surface area contributed by atoms with Gasteiger partial charge in [0.15, 0.2) is 0 Å². The SMILES string of the molecule is c1ccc2c(c1)c(CNC1CC1)nn2CC1CCOCC1. The third-order valence-electron chi connectivity index (χ3n) is 4.64. The van der Waals surface area contributed by atoms with Crippen molar-refractivity contribution in [3.05, 3.63) is 30.0 Å². The molecule has 2 aromatic rings. The van der Waals surface area contributed by atoms with E-state index < -0.39 is 0 Å². The topological polar surface area (TPSA) is 39.1 Å². The summed E-state index contributed by atoms with van der Waals surface area (Å²) < 4.78 is 7.68. The Bertz CT molecular complexity index is 612. The van der Waals surface area contributed by atoms with Gasteiger partial charge in [-0.15, -0.1) is 0 Å². The lowest BCUT2D eigenvalue weighted by Crippen LogP contribution is -2.21. The second-order valence-electron chi connectivity index (χ2n) is 6.36. The van der Waals surface area contributed by atoms with Crippen LogP contribution in [-0.2, 0) is 17.8 Å². The van der Waals surface area contributed by atoms with Crippen molar-refractivity contribution in [1.29, 1.82) is 0 Å². The third kappa shape index (κ3) is 2.97. The van der Waals surface area contributed by atoms with Crippen molar-refractivity contribution in [3.8, 4) is 0 Å². The van der Waals surface area contributed by atoms with Crippen LogP contribution in [0.5, 0.6) is 0 Å². The van der Waals surface area contributed by atoms with Crippen molar-refractivity contribution >= 4 is 10.9 Å². The van der Waals surface area contributed by atoms with E-state index in [1.807, 2.05) is 0 Å². The molecule has 1 saturated carbocycles. The van der Waals surface area contributed by atoms with Crippen LogP contribution >= 0.6 is 0 Å². The molecule has 4 nitrogen and oxygen atoms in total. The maximum Gasteiger partial charge on any atom is 0.0841 e. The molecule has 4 heteroatoms. The first-order chi connectivity index (χ1) is 10.4. The van der Waals surface area contributed by atoms with Crippen molar-refractivity contribution in [3.63, 3.8) is 0 Å². The largest absolute Gasteiger partial charge is 0.381 e. The number of fused-ring (bicyclic) bond motifs is 1. The number of benzene rings is 1. The van der Waals surface area contributed by atoms with Crippen LogP contribution in [-0.4, -0.2) is 29.0 Å². The fourth-order valence-electron chi connectivity index (χ4n) is 3.17. The minimum absolute atomic E-state index is 0.700. The first-order valence-electron chi connectivity index (χ1n) is 8.16. The smallest absolute Gasteiger partial charge is 0.0841 e. The summed E-state index contributed by atoms with van der Waals surface area (Å²) in [5.41, 5.74) is 2.47. The van der Waals surface area contributed by atoms with E-state index in [9.17, 15) is 0 Å². The first kappa shape index (κ1) is 13.3. The van der Waals surface area contributed by atoms with Gasteiger partial charge < -0.3 is 10.1 Å². The molecule has 1 aliphatic heterocycles. The van der Waals surface area contributed by atoms with Gasteiger partial charge in [-0.3, -0.25) is 4.68 Å². The Kier molecular flexibility index (Phi) is 3.65. The van der Waals surface area contributed by atoms with Gasteiger partial charge in [0.1, 0.15) is 0 Å². The van der Waals surface area contributed by atoms with E-state index in [2.05, 4.69) is 34.3 Å². The molecule has 0 spiro atoms. The maximum absolute atomic E-state index is 5.46. The summed E-state index contributed by atoms with van der Waals surface area (Å²) in [6.45, 7) is 3.72. The van der Waals surface area contributed by atoms with Gasteiger partial charge in [-0.2, -0.15) is 5.10 Å². The Morgan fingerprint density at radius 3 is 2.76 bits per heavy atom. The standard InChI is InChI=1S/C17H23N3O/c1-2-4-17-15(3-1)16(11-18-14-5-6-14)19-20(17)12-13-7-9-21-10-8-13/h1-4,13-14,18H,5-12H2. The number of hydrogen-bond acceptors (Lipinski definition) is 3. The van der Waals surface area contributed by atoms with E-state index in [4.69, 9.17) is 9.84 Å². The van der Waals surface area contributed by atoms with Gasteiger partial charge in [0.05, 0.1) is 11.2 Å². The number of nitrogens with zero attached hydrogens (tertiary/aromatic N) is 2. The highest BCUT2D eigenvalue weighted by Crippen LogP contribution is 2.24. The Morgan fingerprint density at radius 1 is 1.14 bits per heavy atom. The van der Waals surface area contributed by atoms with Crippen LogP contribution in [0, 0.1) is 5.92 Å². The summed E-state index contributed by atoms with van der Waals surface area (Å²) in [6, 6.07) is 9.35. The van der Waals surface area contributed by atoms with Crippen molar-refractivity contribution in [2.45, 2.75) is 44.8 Å². The monoisotopic (exact) mass is 285 g/mol. The average molecular weight is 285 g/mol. The highest BCUT2D eigenvalue weighted by atomic mass is 16.5. The lowest BCUT2D eigenvalue weighted by molar-refractivity contribution is 0.0605. The molecule has 2 aliphatic rings. The van der Waals surface area contributed by atoms with Crippen LogP contribution in [0.4, 0.5) is 0 Å². The van der Waals surface area contributed by atoms with Gasteiger partial charge in [0.2, 0.25) is 0 Å². The Labute approximate surface area is 125 Å². The van der Waals surface area contributed by atoms with E-state index in [0.29, 0.717) is 5.92 Å². The number of rotatable bonds is 5. The zero-order valence-electron chi connectivity index (χ0n) is 12.4. The maximum atomic E-state index is 5.46. The summed E-state index contributed by atoms with van der Waals surface area (Å²) in [5.74, 6) is 0.700. The second kappa shape index (κ2) is 5.78. The lowest BCUT2D eigenvalue weighted by Gasteiger charge is -2.22. The molecule has 0 amide bonds.